The van der Waals surface area contributed by atoms with Gasteiger partial charge in [-0.05, 0) is 42.8 Å². The minimum atomic E-state index is -0.542. The van der Waals surface area contributed by atoms with E-state index in [1.165, 1.54) is 47.2 Å². The zero-order chi connectivity index (χ0) is 19.6. The molecule has 2 aromatic carbocycles. The number of rotatable bonds is 4. The average Bonchev–Trinajstić information content (AvgIpc) is 2.63. The van der Waals surface area contributed by atoms with Crippen molar-refractivity contribution < 1.29 is 13.6 Å². The van der Waals surface area contributed by atoms with Crippen LogP contribution in [0.25, 0.3) is 0 Å². The van der Waals surface area contributed by atoms with Crippen molar-refractivity contribution >= 4 is 23.2 Å². The van der Waals surface area contributed by atoms with Crippen LogP contribution in [0, 0.1) is 18.6 Å². The molecule has 0 aliphatic heterocycles. The summed E-state index contributed by atoms with van der Waals surface area (Å²) >= 11 is 6.00. The summed E-state index contributed by atoms with van der Waals surface area (Å²) in [6.45, 7) is 1.50. The van der Waals surface area contributed by atoms with E-state index in [0.29, 0.717) is 5.56 Å². The number of anilines is 1. The third-order valence-corrected chi connectivity index (χ3v) is 4.42. The van der Waals surface area contributed by atoms with Crippen LogP contribution >= 0.6 is 11.6 Å². The zero-order valence-corrected chi connectivity index (χ0v) is 15.1. The van der Waals surface area contributed by atoms with Crippen LogP contribution in [0.4, 0.5) is 14.5 Å². The first-order valence-corrected chi connectivity index (χ1v) is 8.44. The molecule has 4 nitrogen and oxygen atoms in total. The first-order chi connectivity index (χ1) is 12.8. The maximum absolute atomic E-state index is 14.0. The molecular formula is C20H15ClF2N2O2. The van der Waals surface area contributed by atoms with Gasteiger partial charge in [0.2, 0.25) is 0 Å². The smallest absolute Gasteiger partial charge is 0.257 e. The monoisotopic (exact) mass is 388 g/mol. The summed E-state index contributed by atoms with van der Waals surface area (Å²) in [6.07, 6.45) is 1.31. The van der Waals surface area contributed by atoms with Crippen molar-refractivity contribution in [3.8, 4) is 0 Å². The van der Waals surface area contributed by atoms with Gasteiger partial charge in [-0.2, -0.15) is 0 Å². The van der Waals surface area contributed by atoms with Crippen LogP contribution in [-0.2, 0) is 6.54 Å². The molecule has 27 heavy (non-hydrogen) atoms. The SMILES string of the molecule is Cc1ccc(NC(=O)c2ccc(=O)n(Cc3c(F)cccc3Cl)c2)cc1F. The molecule has 3 aromatic rings. The number of carbonyl (C=O) groups is 1. The van der Waals surface area contributed by atoms with Crippen molar-refractivity contribution in [1.29, 1.82) is 0 Å². The summed E-state index contributed by atoms with van der Waals surface area (Å²) in [4.78, 5) is 24.5. The Morgan fingerprint density at radius 2 is 1.89 bits per heavy atom. The Balaban J connectivity index is 1.87. The summed E-state index contributed by atoms with van der Waals surface area (Å²) in [5, 5.41) is 2.75. The number of halogens is 3. The fourth-order valence-corrected chi connectivity index (χ4v) is 2.74. The zero-order valence-electron chi connectivity index (χ0n) is 14.3. The molecule has 0 saturated carbocycles. The summed E-state index contributed by atoms with van der Waals surface area (Å²) in [5.41, 5.74) is 0.663. The number of aryl methyl sites for hydroxylation is 1. The average molecular weight is 389 g/mol. The Morgan fingerprint density at radius 3 is 2.59 bits per heavy atom. The standard InChI is InChI=1S/C20H15ClF2N2O2/c1-12-5-7-14(9-18(12)23)24-20(27)13-6-8-19(26)25(10-13)11-15-16(21)3-2-4-17(15)22/h2-10H,11H2,1H3,(H,24,27). The number of nitrogens with one attached hydrogen (secondary N) is 1. The van der Waals surface area contributed by atoms with Crippen molar-refractivity contribution in [2.75, 3.05) is 5.32 Å². The molecule has 1 N–H and O–H groups in total. The predicted octanol–water partition coefficient (Wildman–Crippen LogP) is 4.39. The fraction of sp³-hybridized carbons (Fsp3) is 0.100. The largest absolute Gasteiger partial charge is 0.322 e. The molecule has 1 aromatic heterocycles. The molecule has 0 atom stereocenters. The number of hydrogen-bond acceptors (Lipinski definition) is 2. The van der Waals surface area contributed by atoms with E-state index in [9.17, 15) is 18.4 Å². The highest BCUT2D eigenvalue weighted by Gasteiger charge is 2.12. The highest BCUT2D eigenvalue weighted by molar-refractivity contribution is 6.31. The number of amides is 1. The molecule has 0 fully saturated rings. The van der Waals surface area contributed by atoms with Gasteiger partial charge < -0.3 is 9.88 Å². The Kier molecular flexibility index (Phi) is 5.37. The van der Waals surface area contributed by atoms with Crippen molar-refractivity contribution in [2.24, 2.45) is 0 Å². The highest BCUT2D eigenvalue weighted by atomic mass is 35.5. The summed E-state index contributed by atoms with van der Waals surface area (Å²) < 4.78 is 28.8. The molecule has 0 bridgehead atoms. The van der Waals surface area contributed by atoms with E-state index < -0.39 is 23.1 Å². The van der Waals surface area contributed by atoms with Gasteiger partial charge in [0.1, 0.15) is 11.6 Å². The Morgan fingerprint density at radius 1 is 1.11 bits per heavy atom. The van der Waals surface area contributed by atoms with E-state index in [0.717, 1.165) is 0 Å². The molecule has 0 spiro atoms. The first kappa shape index (κ1) is 18.8. The summed E-state index contributed by atoms with van der Waals surface area (Å²) in [7, 11) is 0. The van der Waals surface area contributed by atoms with Gasteiger partial charge in [-0.3, -0.25) is 9.59 Å². The number of aromatic nitrogens is 1. The van der Waals surface area contributed by atoms with Crippen LogP contribution in [0.1, 0.15) is 21.5 Å². The normalized spacial score (nSPS) is 10.7. The van der Waals surface area contributed by atoms with Crippen molar-refractivity contribution in [3.05, 3.63) is 98.4 Å². The third-order valence-electron chi connectivity index (χ3n) is 4.07. The van der Waals surface area contributed by atoms with Crippen LogP contribution in [0.3, 0.4) is 0 Å². The predicted molar refractivity (Wildman–Crippen MR) is 100 cm³/mol. The van der Waals surface area contributed by atoms with Gasteiger partial charge in [-0.1, -0.05) is 23.7 Å². The number of pyridine rings is 1. The minimum Gasteiger partial charge on any atom is -0.322 e. The molecule has 0 radical (unpaired) electrons. The van der Waals surface area contributed by atoms with Gasteiger partial charge in [0.15, 0.2) is 0 Å². The van der Waals surface area contributed by atoms with Gasteiger partial charge in [0.05, 0.1) is 12.1 Å². The second-order valence-corrected chi connectivity index (χ2v) is 6.41. The first-order valence-electron chi connectivity index (χ1n) is 8.06. The lowest BCUT2D eigenvalue weighted by atomic mass is 10.2. The summed E-state index contributed by atoms with van der Waals surface area (Å²) in [6, 6.07) is 11.1. The van der Waals surface area contributed by atoms with Crippen LogP contribution in [-0.4, -0.2) is 10.5 Å². The van der Waals surface area contributed by atoms with E-state index >= 15 is 0 Å². The van der Waals surface area contributed by atoms with E-state index in [1.807, 2.05) is 0 Å². The molecule has 1 amide bonds. The lowest BCUT2D eigenvalue weighted by Gasteiger charge is -2.11. The Labute approximate surface area is 159 Å². The minimum absolute atomic E-state index is 0.120. The van der Waals surface area contributed by atoms with Crippen LogP contribution < -0.4 is 10.9 Å². The van der Waals surface area contributed by atoms with Crippen LogP contribution in [0.15, 0.2) is 59.5 Å². The number of hydrogen-bond donors (Lipinski definition) is 1. The lowest BCUT2D eigenvalue weighted by molar-refractivity contribution is 0.102. The molecule has 0 aliphatic carbocycles. The topological polar surface area (TPSA) is 51.1 Å². The van der Waals surface area contributed by atoms with Crippen molar-refractivity contribution in [1.82, 2.24) is 4.57 Å². The van der Waals surface area contributed by atoms with Gasteiger partial charge >= 0.3 is 0 Å². The fourth-order valence-electron chi connectivity index (χ4n) is 2.52. The number of carbonyl (C=O) groups excluding carboxylic acids is 1. The molecule has 0 unspecified atom stereocenters. The number of nitrogens with zero attached hydrogens (tertiary/aromatic N) is 1. The lowest BCUT2D eigenvalue weighted by Crippen LogP contribution is -2.23. The van der Waals surface area contributed by atoms with E-state index in [-0.39, 0.29) is 28.4 Å². The maximum atomic E-state index is 14.0. The second kappa shape index (κ2) is 7.72. The Bertz CT molecular complexity index is 1060. The molecule has 7 heteroatoms. The van der Waals surface area contributed by atoms with Gasteiger partial charge in [0.25, 0.3) is 11.5 Å². The van der Waals surface area contributed by atoms with Crippen LogP contribution in [0.5, 0.6) is 0 Å². The maximum Gasteiger partial charge on any atom is 0.257 e. The quantitative estimate of drug-likeness (QED) is 0.720. The van der Waals surface area contributed by atoms with E-state index in [4.69, 9.17) is 11.6 Å². The number of benzene rings is 2. The molecule has 3 rings (SSSR count). The molecular weight excluding hydrogens is 374 g/mol. The van der Waals surface area contributed by atoms with Gasteiger partial charge in [-0.15, -0.1) is 0 Å². The second-order valence-electron chi connectivity index (χ2n) is 6.00. The van der Waals surface area contributed by atoms with E-state index in [1.54, 1.807) is 19.1 Å². The van der Waals surface area contributed by atoms with Crippen molar-refractivity contribution in [2.45, 2.75) is 13.5 Å². The molecule has 0 aliphatic rings. The van der Waals surface area contributed by atoms with Crippen LogP contribution in [0.2, 0.25) is 5.02 Å². The molecule has 138 valence electrons. The third kappa shape index (κ3) is 4.23. The molecule has 0 saturated heterocycles. The summed E-state index contributed by atoms with van der Waals surface area (Å²) in [5.74, 6) is -1.50. The highest BCUT2D eigenvalue weighted by Crippen LogP contribution is 2.20. The van der Waals surface area contributed by atoms with Gasteiger partial charge in [0, 0.05) is 28.5 Å². The van der Waals surface area contributed by atoms with E-state index in [2.05, 4.69) is 5.32 Å². The molecule has 1 heterocycles. The van der Waals surface area contributed by atoms with Crippen molar-refractivity contribution in [3.63, 3.8) is 0 Å². The Hall–Kier alpha value is -2.99. The van der Waals surface area contributed by atoms with Gasteiger partial charge in [-0.25, -0.2) is 8.78 Å².